The number of rotatable bonds is 3. The first-order chi connectivity index (χ1) is 6.67. The van der Waals surface area contributed by atoms with Gasteiger partial charge in [0, 0.05) is 6.42 Å². The molecule has 0 atom stereocenters. The van der Waals surface area contributed by atoms with E-state index >= 15 is 0 Å². The van der Waals surface area contributed by atoms with Crippen molar-refractivity contribution in [3.63, 3.8) is 0 Å². The number of hydrogen-bond donors (Lipinski definition) is 0. The molecule has 0 saturated heterocycles. The molecule has 3 nitrogen and oxygen atoms in total. The second kappa shape index (κ2) is 4.65. The molecule has 0 aliphatic rings. The summed E-state index contributed by atoms with van der Waals surface area (Å²) in [4.78, 5) is 11.1. The van der Waals surface area contributed by atoms with Gasteiger partial charge in [0.25, 0.3) is 0 Å². The lowest BCUT2D eigenvalue weighted by molar-refractivity contribution is -0.134. The summed E-state index contributed by atoms with van der Waals surface area (Å²) in [5.41, 5.74) is 1.03. The Morgan fingerprint density at radius 2 is 2.07 bits per heavy atom. The van der Waals surface area contributed by atoms with Crippen LogP contribution in [0.3, 0.4) is 0 Å². The predicted molar refractivity (Wildman–Crippen MR) is 53.7 cm³/mol. The van der Waals surface area contributed by atoms with Crippen molar-refractivity contribution >= 4 is 5.97 Å². The van der Waals surface area contributed by atoms with Gasteiger partial charge in [-0.25, -0.2) is 0 Å². The van der Waals surface area contributed by atoms with Crippen LogP contribution in [0.15, 0.2) is 18.2 Å². The normalized spacial score (nSPS) is 9.64. The molecule has 0 fully saturated rings. The van der Waals surface area contributed by atoms with Gasteiger partial charge in [-0.15, -0.1) is 0 Å². The van der Waals surface area contributed by atoms with Crippen LogP contribution in [-0.2, 0) is 4.79 Å². The Bertz CT molecular complexity index is 331. The van der Waals surface area contributed by atoms with E-state index in [2.05, 4.69) is 0 Å². The number of hydrogen-bond acceptors (Lipinski definition) is 3. The molecule has 0 unspecified atom stereocenters. The Labute approximate surface area is 83.6 Å². The quantitative estimate of drug-likeness (QED) is 0.547. The van der Waals surface area contributed by atoms with E-state index in [0.29, 0.717) is 17.9 Å². The maximum atomic E-state index is 11.1. The van der Waals surface area contributed by atoms with Crippen LogP contribution in [0.1, 0.15) is 18.9 Å². The summed E-state index contributed by atoms with van der Waals surface area (Å²) in [7, 11) is 1.55. The Hall–Kier alpha value is -1.51. The highest BCUT2D eigenvalue weighted by Crippen LogP contribution is 2.27. The molecule has 0 N–H and O–H groups in total. The minimum absolute atomic E-state index is 0.256. The Balaban J connectivity index is 2.93. The number of esters is 1. The molecule has 1 aromatic carbocycles. The molecule has 0 spiro atoms. The van der Waals surface area contributed by atoms with Gasteiger partial charge in [0.2, 0.25) is 0 Å². The summed E-state index contributed by atoms with van der Waals surface area (Å²) in [6, 6.07) is 5.47. The molecule has 76 valence electrons. The van der Waals surface area contributed by atoms with E-state index in [9.17, 15) is 4.79 Å². The summed E-state index contributed by atoms with van der Waals surface area (Å²) in [6.45, 7) is 3.69. The van der Waals surface area contributed by atoms with Gasteiger partial charge in [0.05, 0.1) is 7.11 Å². The lowest BCUT2D eigenvalue weighted by Gasteiger charge is -2.08. The average Bonchev–Trinajstić information content (AvgIpc) is 2.18. The maximum absolute atomic E-state index is 11.1. The average molecular weight is 194 g/mol. The van der Waals surface area contributed by atoms with Gasteiger partial charge in [-0.3, -0.25) is 4.79 Å². The van der Waals surface area contributed by atoms with Gasteiger partial charge in [-0.1, -0.05) is 13.0 Å². The van der Waals surface area contributed by atoms with Crippen molar-refractivity contribution < 1.29 is 14.3 Å². The van der Waals surface area contributed by atoms with Crippen LogP contribution >= 0.6 is 0 Å². The van der Waals surface area contributed by atoms with Crippen molar-refractivity contribution in [2.24, 2.45) is 0 Å². The predicted octanol–water partition coefficient (Wildman–Crippen LogP) is 2.32. The van der Waals surface area contributed by atoms with Crippen molar-refractivity contribution in [3.05, 3.63) is 23.8 Å². The van der Waals surface area contributed by atoms with Crippen LogP contribution in [0.4, 0.5) is 0 Å². The molecule has 1 rings (SSSR count). The van der Waals surface area contributed by atoms with E-state index in [0.717, 1.165) is 5.56 Å². The second-order valence-corrected chi connectivity index (χ2v) is 2.98. The number of carbonyl (C=O) groups is 1. The lowest BCUT2D eigenvalue weighted by Crippen LogP contribution is -2.06. The van der Waals surface area contributed by atoms with E-state index < -0.39 is 0 Å². The molecule has 0 bridgehead atoms. The van der Waals surface area contributed by atoms with Gasteiger partial charge < -0.3 is 9.47 Å². The van der Waals surface area contributed by atoms with Crippen molar-refractivity contribution in [1.82, 2.24) is 0 Å². The van der Waals surface area contributed by atoms with E-state index in [-0.39, 0.29) is 5.97 Å². The first-order valence-corrected chi connectivity index (χ1v) is 4.52. The number of methoxy groups -OCH3 is 1. The number of ether oxygens (including phenoxy) is 2. The second-order valence-electron chi connectivity index (χ2n) is 2.98. The summed E-state index contributed by atoms with van der Waals surface area (Å²) < 4.78 is 10.2. The van der Waals surface area contributed by atoms with Gasteiger partial charge in [0.15, 0.2) is 11.5 Å². The molecule has 0 aliphatic heterocycles. The third kappa shape index (κ3) is 2.49. The fourth-order valence-electron chi connectivity index (χ4n) is 1.06. The van der Waals surface area contributed by atoms with Crippen molar-refractivity contribution in [1.29, 1.82) is 0 Å². The zero-order valence-electron chi connectivity index (χ0n) is 8.66. The molecule has 1 aromatic rings. The minimum Gasteiger partial charge on any atom is -0.493 e. The Morgan fingerprint density at radius 3 is 2.64 bits per heavy atom. The first kappa shape index (κ1) is 10.6. The van der Waals surface area contributed by atoms with E-state index in [1.54, 1.807) is 26.2 Å². The van der Waals surface area contributed by atoms with E-state index in [1.165, 1.54) is 0 Å². The van der Waals surface area contributed by atoms with Gasteiger partial charge in [-0.05, 0) is 24.6 Å². The fraction of sp³-hybridized carbons (Fsp3) is 0.364. The molecule has 0 saturated carbocycles. The van der Waals surface area contributed by atoms with Crippen LogP contribution in [0.5, 0.6) is 11.5 Å². The monoisotopic (exact) mass is 194 g/mol. The summed E-state index contributed by atoms with van der Waals surface area (Å²) in [5, 5.41) is 0. The highest BCUT2D eigenvalue weighted by Gasteiger charge is 2.07. The molecule has 0 heterocycles. The Kier molecular flexibility index (Phi) is 3.51. The van der Waals surface area contributed by atoms with Crippen LogP contribution in [-0.4, -0.2) is 13.1 Å². The Morgan fingerprint density at radius 1 is 1.36 bits per heavy atom. The zero-order chi connectivity index (χ0) is 10.6. The molecule has 0 radical (unpaired) electrons. The highest BCUT2D eigenvalue weighted by atomic mass is 16.6. The summed E-state index contributed by atoms with van der Waals surface area (Å²) in [5.74, 6) is 0.811. The van der Waals surface area contributed by atoms with Crippen LogP contribution in [0.2, 0.25) is 0 Å². The number of aryl methyl sites for hydroxylation is 1. The van der Waals surface area contributed by atoms with E-state index in [1.807, 2.05) is 13.0 Å². The van der Waals surface area contributed by atoms with Gasteiger partial charge in [-0.2, -0.15) is 0 Å². The van der Waals surface area contributed by atoms with Gasteiger partial charge >= 0.3 is 5.97 Å². The lowest BCUT2D eigenvalue weighted by atomic mass is 10.2. The standard InChI is InChI=1S/C11H14O3/c1-4-11(12)14-10-7-8(2)5-6-9(10)13-3/h5-7H,4H2,1-3H3. The summed E-state index contributed by atoms with van der Waals surface area (Å²) >= 11 is 0. The first-order valence-electron chi connectivity index (χ1n) is 4.52. The highest BCUT2D eigenvalue weighted by molar-refractivity contribution is 5.73. The topological polar surface area (TPSA) is 35.5 Å². The molecule has 0 amide bonds. The maximum Gasteiger partial charge on any atom is 0.311 e. The minimum atomic E-state index is -0.256. The van der Waals surface area contributed by atoms with Crippen molar-refractivity contribution in [3.8, 4) is 11.5 Å². The van der Waals surface area contributed by atoms with E-state index in [4.69, 9.17) is 9.47 Å². The molecule has 14 heavy (non-hydrogen) atoms. The van der Waals surface area contributed by atoms with Crippen LogP contribution < -0.4 is 9.47 Å². The molecule has 0 aromatic heterocycles. The fourth-order valence-corrected chi connectivity index (χ4v) is 1.06. The third-order valence-corrected chi connectivity index (χ3v) is 1.83. The smallest absolute Gasteiger partial charge is 0.311 e. The van der Waals surface area contributed by atoms with Gasteiger partial charge in [0.1, 0.15) is 0 Å². The molecule has 0 aliphatic carbocycles. The zero-order valence-corrected chi connectivity index (χ0v) is 8.66. The third-order valence-electron chi connectivity index (χ3n) is 1.83. The van der Waals surface area contributed by atoms with Crippen LogP contribution in [0, 0.1) is 6.92 Å². The van der Waals surface area contributed by atoms with Crippen molar-refractivity contribution in [2.45, 2.75) is 20.3 Å². The molecular weight excluding hydrogens is 180 g/mol. The summed E-state index contributed by atoms with van der Waals surface area (Å²) in [6.07, 6.45) is 0.358. The van der Waals surface area contributed by atoms with Crippen molar-refractivity contribution in [2.75, 3.05) is 7.11 Å². The van der Waals surface area contributed by atoms with Crippen LogP contribution in [0.25, 0.3) is 0 Å². The largest absolute Gasteiger partial charge is 0.493 e. The number of benzene rings is 1. The SMILES string of the molecule is CCC(=O)Oc1cc(C)ccc1OC. The molecular formula is C11H14O3. The molecule has 3 heteroatoms. The number of carbonyl (C=O) groups excluding carboxylic acids is 1.